The summed E-state index contributed by atoms with van der Waals surface area (Å²) >= 11 is 0. The number of benzene rings is 2. The van der Waals surface area contributed by atoms with Crippen LogP contribution in [0, 0.1) is 12.7 Å². The van der Waals surface area contributed by atoms with E-state index in [4.69, 9.17) is 4.74 Å². The van der Waals surface area contributed by atoms with Crippen molar-refractivity contribution in [3.8, 4) is 5.75 Å². The Morgan fingerprint density at radius 2 is 1.85 bits per heavy atom. The number of anilines is 1. The van der Waals surface area contributed by atoms with Gasteiger partial charge in [-0.05, 0) is 54.8 Å². The predicted molar refractivity (Wildman–Crippen MR) is 80.8 cm³/mol. The van der Waals surface area contributed by atoms with Crippen LogP contribution >= 0.6 is 0 Å². The molecule has 3 heteroatoms. The van der Waals surface area contributed by atoms with Gasteiger partial charge in [0.2, 0.25) is 0 Å². The van der Waals surface area contributed by atoms with Gasteiger partial charge in [0.15, 0.2) is 0 Å². The first-order valence-corrected chi connectivity index (χ1v) is 6.80. The molecule has 1 atom stereocenters. The van der Waals surface area contributed by atoms with Crippen LogP contribution in [0.1, 0.15) is 30.5 Å². The molecule has 0 amide bonds. The van der Waals surface area contributed by atoms with Crippen molar-refractivity contribution in [3.05, 3.63) is 59.4 Å². The highest BCUT2D eigenvalue weighted by Crippen LogP contribution is 2.25. The van der Waals surface area contributed by atoms with Crippen molar-refractivity contribution in [1.82, 2.24) is 0 Å². The number of methoxy groups -OCH3 is 1. The van der Waals surface area contributed by atoms with Crippen molar-refractivity contribution < 1.29 is 9.13 Å². The molecular weight excluding hydrogens is 253 g/mol. The van der Waals surface area contributed by atoms with Gasteiger partial charge in [-0.2, -0.15) is 0 Å². The van der Waals surface area contributed by atoms with Gasteiger partial charge in [-0.1, -0.05) is 19.1 Å². The minimum absolute atomic E-state index is 0.155. The molecule has 0 saturated heterocycles. The SMILES string of the molecule is CCC(Nc1cc(C)cc(F)c1)c1ccc(OC)cc1. The third-order valence-electron chi connectivity index (χ3n) is 3.31. The number of ether oxygens (including phenoxy) is 1. The zero-order chi connectivity index (χ0) is 14.5. The molecule has 2 aromatic carbocycles. The van der Waals surface area contributed by atoms with Crippen LogP contribution in [0.5, 0.6) is 5.75 Å². The third-order valence-corrected chi connectivity index (χ3v) is 3.31. The number of aryl methyl sites for hydroxylation is 1. The Morgan fingerprint density at radius 3 is 2.40 bits per heavy atom. The van der Waals surface area contributed by atoms with E-state index in [0.717, 1.165) is 29.0 Å². The smallest absolute Gasteiger partial charge is 0.125 e. The molecule has 0 aliphatic rings. The molecule has 0 radical (unpaired) electrons. The molecule has 2 aromatic rings. The van der Waals surface area contributed by atoms with Crippen LogP contribution in [0.2, 0.25) is 0 Å². The van der Waals surface area contributed by atoms with Gasteiger partial charge in [-0.3, -0.25) is 0 Å². The van der Waals surface area contributed by atoms with Crippen molar-refractivity contribution in [2.45, 2.75) is 26.3 Å². The summed E-state index contributed by atoms with van der Waals surface area (Å²) in [4.78, 5) is 0. The van der Waals surface area contributed by atoms with Crippen LogP contribution in [-0.4, -0.2) is 7.11 Å². The van der Waals surface area contributed by atoms with Gasteiger partial charge in [0.1, 0.15) is 11.6 Å². The monoisotopic (exact) mass is 273 g/mol. The Hall–Kier alpha value is -2.03. The lowest BCUT2D eigenvalue weighted by Gasteiger charge is -2.19. The van der Waals surface area contributed by atoms with Crippen molar-refractivity contribution >= 4 is 5.69 Å². The second-order valence-electron chi connectivity index (χ2n) is 4.90. The summed E-state index contributed by atoms with van der Waals surface area (Å²) in [5.41, 5.74) is 2.89. The van der Waals surface area contributed by atoms with Gasteiger partial charge in [0.25, 0.3) is 0 Å². The van der Waals surface area contributed by atoms with Crippen LogP contribution in [-0.2, 0) is 0 Å². The predicted octanol–water partition coefficient (Wildman–Crippen LogP) is 4.71. The van der Waals surface area contributed by atoms with E-state index in [-0.39, 0.29) is 11.9 Å². The first-order chi connectivity index (χ1) is 9.62. The molecule has 0 saturated carbocycles. The van der Waals surface area contributed by atoms with E-state index in [2.05, 4.69) is 12.2 Å². The van der Waals surface area contributed by atoms with E-state index in [1.165, 1.54) is 12.1 Å². The van der Waals surface area contributed by atoms with Crippen LogP contribution in [0.4, 0.5) is 10.1 Å². The lowest BCUT2D eigenvalue weighted by atomic mass is 10.0. The Kier molecular flexibility index (Phi) is 4.61. The number of nitrogens with one attached hydrogen (secondary N) is 1. The van der Waals surface area contributed by atoms with Gasteiger partial charge in [0.05, 0.1) is 13.2 Å². The maximum absolute atomic E-state index is 13.4. The Morgan fingerprint density at radius 1 is 1.15 bits per heavy atom. The standard InChI is InChI=1S/C17H20FNO/c1-4-17(13-5-7-16(20-3)8-6-13)19-15-10-12(2)9-14(18)11-15/h5-11,17,19H,4H2,1-3H3. The van der Waals surface area contributed by atoms with Gasteiger partial charge in [-0.25, -0.2) is 4.39 Å². The van der Waals surface area contributed by atoms with E-state index < -0.39 is 0 Å². The van der Waals surface area contributed by atoms with E-state index in [1.807, 2.05) is 37.3 Å². The van der Waals surface area contributed by atoms with Crippen molar-refractivity contribution in [2.75, 3.05) is 12.4 Å². The average molecular weight is 273 g/mol. The molecule has 0 bridgehead atoms. The molecule has 2 rings (SSSR count). The molecule has 0 aliphatic heterocycles. The van der Waals surface area contributed by atoms with E-state index in [1.54, 1.807) is 7.11 Å². The first-order valence-electron chi connectivity index (χ1n) is 6.80. The molecule has 2 nitrogen and oxygen atoms in total. The Bertz CT molecular complexity index is 545. The highest BCUT2D eigenvalue weighted by molar-refractivity contribution is 5.48. The van der Waals surface area contributed by atoms with Gasteiger partial charge in [-0.15, -0.1) is 0 Å². The maximum atomic E-state index is 13.4. The van der Waals surface area contributed by atoms with Crippen LogP contribution in [0.3, 0.4) is 0 Å². The van der Waals surface area contributed by atoms with Crippen molar-refractivity contribution in [2.24, 2.45) is 0 Å². The molecule has 0 fully saturated rings. The summed E-state index contributed by atoms with van der Waals surface area (Å²) in [6, 6.07) is 13.1. The van der Waals surface area contributed by atoms with Crippen molar-refractivity contribution in [1.29, 1.82) is 0 Å². The van der Waals surface area contributed by atoms with Crippen LogP contribution in [0.25, 0.3) is 0 Å². The third kappa shape index (κ3) is 3.50. The topological polar surface area (TPSA) is 21.3 Å². The highest BCUT2D eigenvalue weighted by Gasteiger charge is 2.10. The molecule has 0 aliphatic carbocycles. The largest absolute Gasteiger partial charge is 0.497 e. The zero-order valence-electron chi connectivity index (χ0n) is 12.1. The number of rotatable bonds is 5. The van der Waals surface area contributed by atoms with Gasteiger partial charge in [0, 0.05) is 5.69 Å². The summed E-state index contributed by atoms with van der Waals surface area (Å²) in [7, 11) is 1.65. The zero-order valence-corrected chi connectivity index (χ0v) is 12.1. The molecule has 20 heavy (non-hydrogen) atoms. The summed E-state index contributed by atoms with van der Waals surface area (Å²) in [5.74, 6) is 0.627. The second kappa shape index (κ2) is 6.42. The lowest BCUT2D eigenvalue weighted by Crippen LogP contribution is -2.10. The fourth-order valence-electron chi connectivity index (χ4n) is 2.28. The Labute approximate surface area is 119 Å². The normalized spacial score (nSPS) is 12.0. The molecule has 1 N–H and O–H groups in total. The molecule has 1 unspecified atom stereocenters. The molecule has 106 valence electrons. The van der Waals surface area contributed by atoms with Crippen LogP contribution in [0.15, 0.2) is 42.5 Å². The minimum Gasteiger partial charge on any atom is -0.497 e. The average Bonchev–Trinajstić information content (AvgIpc) is 2.44. The molecular formula is C17H20FNO. The number of hydrogen-bond donors (Lipinski definition) is 1. The van der Waals surface area contributed by atoms with Gasteiger partial charge >= 0.3 is 0 Å². The maximum Gasteiger partial charge on any atom is 0.125 e. The summed E-state index contributed by atoms with van der Waals surface area (Å²) < 4.78 is 18.6. The minimum atomic E-state index is -0.211. The number of halogens is 1. The Balaban J connectivity index is 2.19. The summed E-state index contributed by atoms with van der Waals surface area (Å²) in [5, 5.41) is 3.38. The lowest BCUT2D eigenvalue weighted by molar-refractivity contribution is 0.414. The second-order valence-corrected chi connectivity index (χ2v) is 4.90. The number of hydrogen-bond acceptors (Lipinski definition) is 2. The summed E-state index contributed by atoms with van der Waals surface area (Å²) in [6.07, 6.45) is 0.919. The van der Waals surface area contributed by atoms with Crippen molar-refractivity contribution in [3.63, 3.8) is 0 Å². The molecule has 0 spiro atoms. The van der Waals surface area contributed by atoms with Gasteiger partial charge < -0.3 is 10.1 Å². The fraction of sp³-hybridized carbons (Fsp3) is 0.294. The van der Waals surface area contributed by atoms with E-state index in [0.29, 0.717) is 0 Å². The summed E-state index contributed by atoms with van der Waals surface area (Å²) in [6.45, 7) is 4.00. The molecule has 0 heterocycles. The highest BCUT2D eigenvalue weighted by atomic mass is 19.1. The fourth-order valence-corrected chi connectivity index (χ4v) is 2.28. The van der Waals surface area contributed by atoms with E-state index >= 15 is 0 Å². The van der Waals surface area contributed by atoms with E-state index in [9.17, 15) is 4.39 Å². The van der Waals surface area contributed by atoms with Crippen LogP contribution < -0.4 is 10.1 Å². The quantitative estimate of drug-likeness (QED) is 0.852. The first kappa shape index (κ1) is 14.4. The molecule has 0 aromatic heterocycles.